The Morgan fingerprint density at radius 1 is 1.05 bits per heavy atom. The molecule has 0 N–H and O–H groups in total. The van der Waals surface area contributed by atoms with E-state index in [4.69, 9.17) is 11.6 Å². The van der Waals surface area contributed by atoms with Gasteiger partial charge in [-0.15, -0.1) is 0 Å². The third-order valence-electron chi connectivity index (χ3n) is 2.92. The Labute approximate surface area is 114 Å². The molecule has 0 bridgehead atoms. The Morgan fingerprint density at radius 3 is 2.63 bits per heavy atom. The first-order valence-corrected chi connectivity index (χ1v) is 6.22. The van der Waals surface area contributed by atoms with Crippen LogP contribution in [0.4, 0.5) is 4.39 Å². The molecule has 2 nitrogen and oxygen atoms in total. The monoisotopic (exact) mass is 272 g/mol. The zero-order chi connectivity index (χ0) is 13.4. The molecule has 94 valence electrons. The van der Waals surface area contributed by atoms with E-state index in [9.17, 15) is 4.39 Å². The standard InChI is InChI=1S/C15H10ClFN2/c1-9-6-7-13-11(8-9)14(16)19-15(18-13)10-4-2-3-5-12(10)17/h2-8H,1H3. The second-order valence-electron chi connectivity index (χ2n) is 4.34. The molecule has 0 atom stereocenters. The van der Waals surface area contributed by atoms with E-state index in [1.165, 1.54) is 6.07 Å². The number of benzene rings is 2. The lowest BCUT2D eigenvalue weighted by Crippen LogP contribution is -1.94. The second kappa shape index (κ2) is 4.59. The van der Waals surface area contributed by atoms with Crippen molar-refractivity contribution in [1.82, 2.24) is 9.97 Å². The summed E-state index contributed by atoms with van der Waals surface area (Å²) in [5, 5.41) is 1.12. The molecule has 0 unspecified atom stereocenters. The predicted molar refractivity (Wildman–Crippen MR) is 74.7 cm³/mol. The molecule has 0 aliphatic carbocycles. The summed E-state index contributed by atoms with van der Waals surface area (Å²) >= 11 is 6.16. The van der Waals surface area contributed by atoms with E-state index in [1.807, 2.05) is 25.1 Å². The first kappa shape index (κ1) is 12.1. The molecule has 1 aromatic heterocycles. The first-order valence-electron chi connectivity index (χ1n) is 5.84. The summed E-state index contributed by atoms with van der Waals surface area (Å²) in [5.74, 6) is -0.0514. The zero-order valence-electron chi connectivity index (χ0n) is 10.2. The molecule has 0 amide bonds. The minimum absolute atomic E-state index is 0.305. The van der Waals surface area contributed by atoms with E-state index in [1.54, 1.807) is 18.2 Å². The lowest BCUT2D eigenvalue weighted by atomic mass is 10.1. The summed E-state index contributed by atoms with van der Waals surface area (Å²) in [6.07, 6.45) is 0. The molecule has 2 aromatic carbocycles. The highest BCUT2D eigenvalue weighted by Crippen LogP contribution is 2.26. The maximum atomic E-state index is 13.7. The van der Waals surface area contributed by atoms with Gasteiger partial charge in [0.25, 0.3) is 0 Å². The number of halogens is 2. The molecule has 0 fully saturated rings. The summed E-state index contributed by atoms with van der Waals surface area (Å²) in [7, 11) is 0. The van der Waals surface area contributed by atoms with Crippen molar-refractivity contribution in [2.45, 2.75) is 6.92 Å². The lowest BCUT2D eigenvalue weighted by Gasteiger charge is -2.06. The summed E-state index contributed by atoms with van der Waals surface area (Å²) in [4.78, 5) is 8.56. The largest absolute Gasteiger partial charge is 0.228 e. The molecule has 3 rings (SSSR count). The minimum Gasteiger partial charge on any atom is -0.228 e. The van der Waals surface area contributed by atoms with E-state index >= 15 is 0 Å². The molecule has 0 saturated carbocycles. The Balaban J connectivity index is 2.27. The van der Waals surface area contributed by atoms with Crippen LogP contribution in [0.5, 0.6) is 0 Å². The summed E-state index contributed by atoms with van der Waals surface area (Å²) in [6, 6.07) is 12.1. The number of aromatic nitrogens is 2. The van der Waals surface area contributed by atoms with Gasteiger partial charge in [-0.25, -0.2) is 14.4 Å². The maximum absolute atomic E-state index is 13.7. The topological polar surface area (TPSA) is 25.8 Å². The Hall–Kier alpha value is -2.00. The number of hydrogen-bond acceptors (Lipinski definition) is 2. The Bertz CT molecular complexity index is 771. The van der Waals surface area contributed by atoms with Gasteiger partial charge >= 0.3 is 0 Å². The molecule has 0 saturated heterocycles. The molecular formula is C15H10ClFN2. The number of hydrogen-bond donors (Lipinski definition) is 0. The van der Waals surface area contributed by atoms with Crippen LogP contribution in [0.1, 0.15) is 5.56 Å². The summed E-state index contributed by atoms with van der Waals surface area (Å²) in [6.45, 7) is 1.97. The van der Waals surface area contributed by atoms with Crippen LogP contribution in [0, 0.1) is 12.7 Å². The third kappa shape index (κ3) is 2.17. The van der Waals surface area contributed by atoms with E-state index in [0.717, 1.165) is 10.9 Å². The first-order chi connectivity index (χ1) is 9.15. The average molecular weight is 273 g/mol. The van der Waals surface area contributed by atoms with Crippen LogP contribution in [0.15, 0.2) is 42.5 Å². The SMILES string of the molecule is Cc1ccc2nc(-c3ccccc3F)nc(Cl)c2c1. The highest BCUT2D eigenvalue weighted by molar-refractivity contribution is 6.34. The van der Waals surface area contributed by atoms with Crippen molar-refractivity contribution < 1.29 is 4.39 Å². The van der Waals surface area contributed by atoms with Gasteiger partial charge in [0, 0.05) is 5.39 Å². The normalized spacial score (nSPS) is 10.9. The fraction of sp³-hybridized carbons (Fsp3) is 0.0667. The highest BCUT2D eigenvalue weighted by Gasteiger charge is 2.11. The van der Waals surface area contributed by atoms with Crippen molar-refractivity contribution in [2.24, 2.45) is 0 Å². The van der Waals surface area contributed by atoms with E-state index in [2.05, 4.69) is 9.97 Å². The van der Waals surface area contributed by atoms with Gasteiger partial charge < -0.3 is 0 Å². The minimum atomic E-state index is -0.356. The quantitative estimate of drug-likeness (QED) is 0.614. The molecular weight excluding hydrogens is 263 g/mol. The second-order valence-corrected chi connectivity index (χ2v) is 4.70. The van der Waals surface area contributed by atoms with Crippen molar-refractivity contribution in [1.29, 1.82) is 0 Å². The van der Waals surface area contributed by atoms with Crippen molar-refractivity contribution in [3.63, 3.8) is 0 Å². The summed E-state index contributed by atoms with van der Waals surface area (Å²) < 4.78 is 13.7. The van der Waals surface area contributed by atoms with Crippen LogP contribution >= 0.6 is 11.6 Å². The smallest absolute Gasteiger partial charge is 0.164 e. The van der Waals surface area contributed by atoms with Gasteiger partial charge in [0.1, 0.15) is 11.0 Å². The third-order valence-corrected chi connectivity index (χ3v) is 3.21. The molecule has 1 heterocycles. The summed E-state index contributed by atoms with van der Waals surface area (Å²) in [5.41, 5.74) is 2.15. The van der Waals surface area contributed by atoms with Crippen LogP contribution in [0.25, 0.3) is 22.3 Å². The maximum Gasteiger partial charge on any atom is 0.164 e. The number of rotatable bonds is 1. The van der Waals surface area contributed by atoms with E-state index in [-0.39, 0.29) is 5.82 Å². The van der Waals surface area contributed by atoms with Gasteiger partial charge in [-0.1, -0.05) is 35.4 Å². The van der Waals surface area contributed by atoms with Gasteiger partial charge in [-0.05, 0) is 31.2 Å². The fourth-order valence-corrected chi connectivity index (χ4v) is 2.20. The van der Waals surface area contributed by atoms with Crippen LogP contribution in [0.2, 0.25) is 5.15 Å². The van der Waals surface area contributed by atoms with Crippen molar-refractivity contribution in [2.75, 3.05) is 0 Å². The molecule has 19 heavy (non-hydrogen) atoms. The van der Waals surface area contributed by atoms with Crippen molar-refractivity contribution in [3.05, 3.63) is 59.0 Å². The average Bonchev–Trinajstić information content (AvgIpc) is 2.40. The fourth-order valence-electron chi connectivity index (χ4n) is 1.97. The van der Waals surface area contributed by atoms with E-state index in [0.29, 0.717) is 22.1 Å². The zero-order valence-corrected chi connectivity index (χ0v) is 10.9. The van der Waals surface area contributed by atoms with Gasteiger partial charge in [0.2, 0.25) is 0 Å². The van der Waals surface area contributed by atoms with Crippen LogP contribution in [-0.2, 0) is 0 Å². The van der Waals surface area contributed by atoms with Crippen molar-refractivity contribution in [3.8, 4) is 11.4 Å². The van der Waals surface area contributed by atoms with E-state index < -0.39 is 0 Å². The number of nitrogens with zero attached hydrogens (tertiary/aromatic N) is 2. The highest BCUT2D eigenvalue weighted by atomic mass is 35.5. The Kier molecular flexibility index (Phi) is 2.91. The molecule has 3 aromatic rings. The van der Waals surface area contributed by atoms with Crippen LogP contribution in [0.3, 0.4) is 0 Å². The van der Waals surface area contributed by atoms with Gasteiger partial charge in [0.05, 0.1) is 11.1 Å². The lowest BCUT2D eigenvalue weighted by molar-refractivity contribution is 0.630. The number of fused-ring (bicyclic) bond motifs is 1. The molecule has 4 heteroatoms. The van der Waals surface area contributed by atoms with Crippen LogP contribution in [-0.4, -0.2) is 9.97 Å². The van der Waals surface area contributed by atoms with Crippen molar-refractivity contribution >= 4 is 22.5 Å². The molecule has 0 aliphatic heterocycles. The van der Waals surface area contributed by atoms with Gasteiger partial charge in [-0.2, -0.15) is 0 Å². The predicted octanol–water partition coefficient (Wildman–Crippen LogP) is 4.40. The molecule has 0 spiro atoms. The van der Waals surface area contributed by atoms with Crippen LogP contribution < -0.4 is 0 Å². The molecule has 0 radical (unpaired) electrons. The van der Waals surface area contributed by atoms with Gasteiger partial charge in [0.15, 0.2) is 5.82 Å². The number of aryl methyl sites for hydroxylation is 1. The van der Waals surface area contributed by atoms with Gasteiger partial charge in [-0.3, -0.25) is 0 Å². The Morgan fingerprint density at radius 2 is 1.84 bits per heavy atom. The molecule has 0 aliphatic rings.